The van der Waals surface area contributed by atoms with Gasteiger partial charge in [0, 0.05) is 33.0 Å². The van der Waals surface area contributed by atoms with Crippen molar-refractivity contribution in [2.24, 2.45) is 0 Å². The van der Waals surface area contributed by atoms with Crippen molar-refractivity contribution in [3.63, 3.8) is 0 Å². The molecule has 0 bridgehead atoms. The summed E-state index contributed by atoms with van der Waals surface area (Å²) in [4.78, 5) is 41.4. The Morgan fingerprint density at radius 2 is 1.11 bits per heavy atom. The van der Waals surface area contributed by atoms with Gasteiger partial charge in [-0.25, -0.2) is 15.6 Å². The van der Waals surface area contributed by atoms with Gasteiger partial charge in [0.05, 0.1) is 19.8 Å². The normalized spacial score (nSPS) is 11.1. The molecule has 8 nitrogen and oxygen atoms in total. The Morgan fingerprint density at radius 3 is 1.76 bits per heavy atom. The molecule has 0 rings (SSSR count). The summed E-state index contributed by atoms with van der Waals surface area (Å²) < 4.78 is 0. The van der Waals surface area contributed by atoms with Gasteiger partial charge in [-0.1, -0.05) is 78.6 Å². The molecule has 0 unspecified atom stereocenters. The molecule has 0 saturated carbocycles. The highest BCUT2D eigenvalue weighted by molar-refractivity contribution is 5.75. The predicted molar refractivity (Wildman–Crippen MR) is 150 cm³/mol. The number of hydroxylamine groups is 5. The molecule has 0 aliphatic heterocycles. The van der Waals surface area contributed by atoms with Crippen molar-refractivity contribution < 1.29 is 24.1 Å². The molecule has 1 N–H and O–H groups in total. The highest BCUT2D eigenvalue weighted by Crippen LogP contribution is 2.11. The lowest BCUT2D eigenvalue weighted by molar-refractivity contribution is -0.187. The Kier molecular flexibility index (Phi) is 26.9. The monoisotopic (exact) mass is 529 g/mol. The molecule has 0 fully saturated rings. The minimum absolute atomic E-state index is 0.0466. The second-order valence-corrected chi connectivity index (χ2v) is 9.89. The summed E-state index contributed by atoms with van der Waals surface area (Å²) >= 11 is 0. The lowest BCUT2D eigenvalue weighted by Gasteiger charge is -2.22. The van der Waals surface area contributed by atoms with E-state index in [2.05, 4.69) is 26.3 Å². The molecule has 220 valence electrons. The molecule has 0 atom stereocenters. The number of unbranched alkanes of at least 4 members (excludes halogenated alkanes) is 11. The third-order valence-corrected chi connectivity index (χ3v) is 6.28. The lowest BCUT2D eigenvalue weighted by Crippen LogP contribution is -2.32. The average molecular weight is 530 g/mol. The Bertz CT molecular complexity index is 522. The molecule has 2 amide bonds. The molecule has 0 radical (unpaired) electrons. The number of hydrogen-bond donors (Lipinski definition) is 1. The number of nitrogens with one attached hydrogen (secondary N) is 1. The zero-order valence-electron chi connectivity index (χ0n) is 24.7. The van der Waals surface area contributed by atoms with Crippen molar-refractivity contribution in [2.45, 2.75) is 136 Å². The summed E-state index contributed by atoms with van der Waals surface area (Å²) in [5.74, 6) is 0.157. The van der Waals surface area contributed by atoms with Crippen LogP contribution < -0.4 is 5.48 Å². The average Bonchev–Trinajstić information content (AvgIpc) is 2.90. The number of rotatable bonds is 28. The van der Waals surface area contributed by atoms with Gasteiger partial charge in [0.2, 0.25) is 11.8 Å². The standard InChI is InChI=1S/C29H59N3O5/c1-5-8-25-35-30-23-19-15-11-13-18-22-29(34)32(37-27-10-7-3)24-20-16-12-14-17-21-28(33)31(4)36-26-9-6-2/h30H,5-27H2,1-4H3. The maximum absolute atomic E-state index is 12.7. The van der Waals surface area contributed by atoms with E-state index in [0.29, 0.717) is 32.6 Å². The van der Waals surface area contributed by atoms with Crippen LogP contribution in [0.4, 0.5) is 0 Å². The Hall–Kier alpha value is -1.22. The molecular formula is C29H59N3O5. The number of carbonyl (C=O) groups is 2. The van der Waals surface area contributed by atoms with Gasteiger partial charge in [-0.05, 0) is 44.9 Å². The highest BCUT2D eigenvalue weighted by atomic mass is 16.7. The van der Waals surface area contributed by atoms with E-state index in [0.717, 1.165) is 116 Å². The van der Waals surface area contributed by atoms with E-state index in [1.807, 2.05) is 0 Å². The Labute approximate surface area is 228 Å². The SMILES string of the molecule is CCCCONCCCCCCCC(=O)N(CCCCCCCC(=O)N(C)OCCCC)OCCCC. The van der Waals surface area contributed by atoms with E-state index < -0.39 is 0 Å². The van der Waals surface area contributed by atoms with Crippen LogP contribution in [0, 0.1) is 0 Å². The van der Waals surface area contributed by atoms with Crippen molar-refractivity contribution in [1.29, 1.82) is 0 Å². The van der Waals surface area contributed by atoms with Crippen molar-refractivity contribution in [2.75, 3.05) is 40.0 Å². The summed E-state index contributed by atoms with van der Waals surface area (Å²) in [6.07, 6.45) is 17.7. The van der Waals surface area contributed by atoms with Crippen molar-refractivity contribution in [3.8, 4) is 0 Å². The fraction of sp³-hybridized carbons (Fsp3) is 0.931. The zero-order chi connectivity index (χ0) is 27.4. The first-order valence-corrected chi connectivity index (χ1v) is 15.2. The van der Waals surface area contributed by atoms with Crippen LogP contribution >= 0.6 is 0 Å². The van der Waals surface area contributed by atoms with E-state index in [1.165, 1.54) is 5.06 Å². The molecule has 0 aromatic rings. The van der Waals surface area contributed by atoms with Gasteiger partial charge in [-0.15, -0.1) is 0 Å². The van der Waals surface area contributed by atoms with Crippen LogP contribution in [0.2, 0.25) is 0 Å². The van der Waals surface area contributed by atoms with Crippen LogP contribution in [0.15, 0.2) is 0 Å². The molecule has 0 aromatic heterocycles. The summed E-state index contributed by atoms with van der Waals surface area (Å²) in [7, 11) is 1.70. The highest BCUT2D eigenvalue weighted by Gasteiger charge is 2.14. The van der Waals surface area contributed by atoms with Crippen molar-refractivity contribution in [3.05, 3.63) is 0 Å². The number of amides is 2. The second-order valence-electron chi connectivity index (χ2n) is 9.89. The maximum atomic E-state index is 12.7. The molecule has 37 heavy (non-hydrogen) atoms. The van der Waals surface area contributed by atoms with Gasteiger partial charge in [-0.3, -0.25) is 19.3 Å². The second kappa shape index (κ2) is 27.8. The first-order valence-electron chi connectivity index (χ1n) is 15.2. The Balaban J connectivity index is 3.93. The maximum Gasteiger partial charge on any atom is 0.246 e. The van der Waals surface area contributed by atoms with Crippen LogP contribution in [0.25, 0.3) is 0 Å². The third-order valence-electron chi connectivity index (χ3n) is 6.28. The van der Waals surface area contributed by atoms with Gasteiger partial charge in [0.1, 0.15) is 0 Å². The van der Waals surface area contributed by atoms with E-state index >= 15 is 0 Å². The predicted octanol–water partition coefficient (Wildman–Crippen LogP) is 6.74. The summed E-state index contributed by atoms with van der Waals surface area (Å²) in [5.41, 5.74) is 3.02. The summed E-state index contributed by atoms with van der Waals surface area (Å²) in [6.45, 7) is 9.91. The van der Waals surface area contributed by atoms with Crippen LogP contribution in [-0.2, 0) is 24.1 Å². The number of nitrogens with zero attached hydrogens (tertiary/aromatic N) is 2. The molecule has 0 aliphatic rings. The topological polar surface area (TPSA) is 80.3 Å². The van der Waals surface area contributed by atoms with Crippen molar-refractivity contribution in [1.82, 2.24) is 15.6 Å². The third kappa shape index (κ3) is 23.6. The molecule has 8 heteroatoms. The quantitative estimate of drug-likeness (QED) is 0.0893. The number of hydrogen-bond acceptors (Lipinski definition) is 6. The van der Waals surface area contributed by atoms with Crippen molar-refractivity contribution >= 4 is 11.8 Å². The van der Waals surface area contributed by atoms with E-state index in [1.54, 1.807) is 12.1 Å². The summed E-state index contributed by atoms with van der Waals surface area (Å²) in [6, 6.07) is 0. The molecule has 0 aliphatic carbocycles. The van der Waals surface area contributed by atoms with E-state index in [-0.39, 0.29) is 11.8 Å². The van der Waals surface area contributed by atoms with Crippen LogP contribution in [-0.4, -0.2) is 61.9 Å². The molecule has 0 saturated heterocycles. The van der Waals surface area contributed by atoms with Crippen LogP contribution in [0.3, 0.4) is 0 Å². The zero-order valence-corrected chi connectivity index (χ0v) is 24.7. The Morgan fingerprint density at radius 1 is 0.595 bits per heavy atom. The molecule has 0 aromatic carbocycles. The van der Waals surface area contributed by atoms with Crippen LogP contribution in [0.1, 0.15) is 136 Å². The van der Waals surface area contributed by atoms with Gasteiger partial charge >= 0.3 is 0 Å². The summed E-state index contributed by atoms with van der Waals surface area (Å²) in [5, 5.41) is 2.99. The largest absolute Gasteiger partial charge is 0.302 e. The fourth-order valence-corrected chi connectivity index (χ4v) is 3.71. The van der Waals surface area contributed by atoms with Gasteiger partial charge in [0.25, 0.3) is 0 Å². The number of carbonyl (C=O) groups excluding carboxylic acids is 2. The molecule has 0 heterocycles. The first-order chi connectivity index (χ1) is 18.1. The van der Waals surface area contributed by atoms with Gasteiger partial charge < -0.3 is 4.84 Å². The van der Waals surface area contributed by atoms with E-state index in [9.17, 15) is 9.59 Å². The fourth-order valence-electron chi connectivity index (χ4n) is 3.71. The lowest BCUT2D eigenvalue weighted by atomic mass is 10.1. The minimum Gasteiger partial charge on any atom is -0.302 e. The molecular weight excluding hydrogens is 470 g/mol. The van der Waals surface area contributed by atoms with Gasteiger partial charge in [-0.2, -0.15) is 0 Å². The van der Waals surface area contributed by atoms with E-state index in [4.69, 9.17) is 14.5 Å². The molecule has 0 spiro atoms. The first kappa shape index (κ1) is 35.8. The smallest absolute Gasteiger partial charge is 0.246 e. The van der Waals surface area contributed by atoms with Crippen LogP contribution in [0.5, 0.6) is 0 Å². The van der Waals surface area contributed by atoms with Gasteiger partial charge in [0.15, 0.2) is 0 Å². The minimum atomic E-state index is 0.0466.